The number of aryl methyl sites for hydroxylation is 1. The normalized spacial score (nSPS) is 12.1. The molecule has 2 heterocycles. The first-order valence-electron chi connectivity index (χ1n) is 7.93. The van der Waals surface area contributed by atoms with Gasteiger partial charge in [0, 0.05) is 28.1 Å². The molecule has 6 heteroatoms. The molecule has 2 N–H and O–H groups in total. The van der Waals surface area contributed by atoms with Gasteiger partial charge in [-0.25, -0.2) is 5.10 Å². The Hall–Kier alpha value is -2.60. The van der Waals surface area contributed by atoms with Gasteiger partial charge in [-0.05, 0) is 25.3 Å². The van der Waals surface area contributed by atoms with Crippen LogP contribution >= 0.6 is 11.8 Å². The number of aromatic amines is 2. The average Bonchev–Trinajstić information content (AvgIpc) is 3.06. The average molecular weight is 353 g/mol. The molecule has 0 fully saturated rings. The number of rotatable bonds is 5. The maximum Gasteiger partial charge on any atom is 0.264 e. The number of hydrogen-bond acceptors (Lipinski definition) is 4. The Morgan fingerprint density at radius 2 is 1.88 bits per heavy atom. The molecule has 5 nitrogen and oxygen atoms in total. The van der Waals surface area contributed by atoms with Crippen LogP contribution in [0.1, 0.15) is 45.8 Å². The van der Waals surface area contributed by atoms with Gasteiger partial charge in [0.2, 0.25) is 5.78 Å². The fraction of sp³-hybridized carbons (Fsp3) is 0.211. The SMILES string of the molecule is CSc1cc(C(C)c2ccc(=O)[nH]n2)[nH]c1C(=O)c1ccc(C)cc1. The maximum atomic E-state index is 12.8. The first kappa shape index (κ1) is 17.2. The molecule has 0 saturated heterocycles. The van der Waals surface area contributed by atoms with E-state index in [1.165, 1.54) is 17.8 Å². The first-order chi connectivity index (χ1) is 12.0. The van der Waals surface area contributed by atoms with Crippen LogP contribution in [0.25, 0.3) is 0 Å². The first-order valence-corrected chi connectivity index (χ1v) is 9.16. The van der Waals surface area contributed by atoms with E-state index in [0.717, 1.165) is 21.8 Å². The molecule has 1 atom stereocenters. The van der Waals surface area contributed by atoms with Crippen LogP contribution in [-0.2, 0) is 0 Å². The summed E-state index contributed by atoms with van der Waals surface area (Å²) in [6.45, 7) is 3.98. The Morgan fingerprint density at radius 3 is 2.48 bits per heavy atom. The minimum Gasteiger partial charge on any atom is -0.354 e. The molecule has 0 saturated carbocycles. The minimum atomic E-state index is -0.234. The molecule has 0 spiro atoms. The molecule has 2 aromatic heterocycles. The molecule has 3 rings (SSSR count). The predicted octanol–water partition coefficient (Wildman–Crippen LogP) is 3.51. The molecule has 0 radical (unpaired) electrons. The summed E-state index contributed by atoms with van der Waals surface area (Å²) in [5, 5.41) is 6.53. The monoisotopic (exact) mass is 353 g/mol. The summed E-state index contributed by atoms with van der Waals surface area (Å²) in [5.74, 6) is -0.0976. The van der Waals surface area contributed by atoms with Gasteiger partial charge in [-0.1, -0.05) is 36.8 Å². The lowest BCUT2D eigenvalue weighted by molar-refractivity contribution is 0.103. The van der Waals surface area contributed by atoms with Gasteiger partial charge in [0.25, 0.3) is 5.56 Å². The van der Waals surface area contributed by atoms with Gasteiger partial charge in [-0.2, -0.15) is 5.10 Å². The molecule has 128 valence electrons. The van der Waals surface area contributed by atoms with E-state index in [1.807, 2.05) is 50.4 Å². The zero-order valence-corrected chi connectivity index (χ0v) is 15.1. The molecule has 25 heavy (non-hydrogen) atoms. The fourth-order valence-corrected chi connectivity index (χ4v) is 3.22. The van der Waals surface area contributed by atoms with Gasteiger partial charge in [-0.15, -0.1) is 11.8 Å². The summed E-state index contributed by atoms with van der Waals surface area (Å²) in [5.41, 5.74) is 3.75. The number of nitrogens with zero attached hydrogens (tertiary/aromatic N) is 1. The second-order valence-corrected chi connectivity index (χ2v) is 6.78. The Balaban J connectivity index is 1.96. The highest BCUT2D eigenvalue weighted by molar-refractivity contribution is 7.98. The third-order valence-electron chi connectivity index (χ3n) is 4.17. The lowest BCUT2D eigenvalue weighted by Gasteiger charge is -2.08. The van der Waals surface area contributed by atoms with Crippen LogP contribution in [0.2, 0.25) is 0 Å². The van der Waals surface area contributed by atoms with E-state index >= 15 is 0 Å². The van der Waals surface area contributed by atoms with Crippen LogP contribution in [0.15, 0.2) is 52.2 Å². The number of ketones is 1. The highest BCUT2D eigenvalue weighted by Gasteiger charge is 2.20. The molecule has 0 aliphatic carbocycles. The quantitative estimate of drug-likeness (QED) is 0.543. The molecule has 1 unspecified atom stereocenters. The summed E-state index contributed by atoms with van der Waals surface area (Å²) in [6, 6.07) is 12.7. The molecule has 0 bridgehead atoms. The second-order valence-electron chi connectivity index (χ2n) is 5.93. The van der Waals surface area contributed by atoms with E-state index in [1.54, 1.807) is 6.07 Å². The van der Waals surface area contributed by atoms with Crippen LogP contribution in [0.5, 0.6) is 0 Å². The molecule has 0 aliphatic heterocycles. The fourth-order valence-electron chi connectivity index (χ4n) is 2.62. The summed E-state index contributed by atoms with van der Waals surface area (Å²) in [4.78, 5) is 28.2. The van der Waals surface area contributed by atoms with Gasteiger partial charge in [0.1, 0.15) is 5.69 Å². The smallest absolute Gasteiger partial charge is 0.264 e. The standard InChI is InChI=1S/C19H19N3O2S/c1-11-4-6-13(7-5-11)19(24)18-16(25-3)10-15(20-18)12(2)14-8-9-17(23)22-21-14/h4-10,12,20H,1-3H3,(H,22,23). The zero-order valence-electron chi connectivity index (χ0n) is 14.3. The third kappa shape index (κ3) is 3.58. The van der Waals surface area contributed by atoms with Crippen LogP contribution in [0.3, 0.4) is 0 Å². The van der Waals surface area contributed by atoms with Gasteiger partial charge in [-0.3, -0.25) is 9.59 Å². The number of thioether (sulfide) groups is 1. The van der Waals surface area contributed by atoms with Crippen LogP contribution in [0, 0.1) is 6.92 Å². The summed E-state index contributed by atoms with van der Waals surface area (Å²) >= 11 is 1.53. The lowest BCUT2D eigenvalue weighted by atomic mass is 10.0. The zero-order chi connectivity index (χ0) is 18.0. The molecular weight excluding hydrogens is 334 g/mol. The molecule has 1 aromatic carbocycles. The van der Waals surface area contributed by atoms with E-state index in [0.29, 0.717) is 11.3 Å². The van der Waals surface area contributed by atoms with Crippen LogP contribution < -0.4 is 5.56 Å². The van der Waals surface area contributed by atoms with Crippen LogP contribution in [0.4, 0.5) is 0 Å². The molecule has 3 aromatic rings. The number of aromatic nitrogens is 3. The molecular formula is C19H19N3O2S. The number of nitrogens with one attached hydrogen (secondary N) is 2. The Kier molecular flexibility index (Phi) is 4.90. The van der Waals surface area contributed by atoms with Crippen molar-refractivity contribution in [3.8, 4) is 0 Å². The predicted molar refractivity (Wildman–Crippen MR) is 99.6 cm³/mol. The number of carbonyl (C=O) groups excluding carboxylic acids is 1. The van der Waals surface area contributed by atoms with Crippen molar-refractivity contribution in [3.63, 3.8) is 0 Å². The minimum absolute atomic E-state index is 0.0303. The van der Waals surface area contributed by atoms with Crippen molar-refractivity contribution < 1.29 is 4.79 Å². The lowest BCUT2D eigenvalue weighted by Crippen LogP contribution is -2.10. The van der Waals surface area contributed by atoms with Crippen molar-refractivity contribution >= 4 is 17.5 Å². The number of H-pyrrole nitrogens is 2. The van der Waals surface area contributed by atoms with Gasteiger partial charge in [0.15, 0.2) is 0 Å². The number of benzene rings is 1. The molecule has 0 amide bonds. The van der Waals surface area contributed by atoms with Crippen molar-refractivity contribution in [3.05, 3.63) is 81.0 Å². The van der Waals surface area contributed by atoms with Crippen molar-refractivity contribution in [2.45, 2.75) is 24.7 Å². The number of carbonyl (C=O) groups is 1. The van der Waals surface area contributed by atoms with E-state index in [-0.39, 0.29) is 17.3 Å². The van der Waals surface area contributed by atoms with Gasteiger partial charge in [0.05, 0.1) is 5.69 Å². The highest BCUT2D eigenvalue weighted by atomic mass is 32.2. The summed E-state index contributed by atoms with van der Waals surface area (Å²) in [6.07, 6.45) is 1.95. The second kappa shape index (κ2) is 7.11. The maximum absolute atomic E-state index is 12.8. The van der Waals surface area contributed by atoms with E-state index < -0.39 is 0 Å². The van der Waals surface area contributed by atoms with Crippen molar-refractivity contribution in [2.24, 2.45) is 0 Å². The highest BCUT2D eigenvalue weighted by Crippen LogP contribution is 2.29. The van der Waals surface area contributed by atoms with Crippen molar-refractivity contribution in [2.75, 3.05) is 6.26 Å². The largest absolute Gasteiger partial charge is 0.354 e. The Labute approximate surface area is 149 Å². The Morgan fingerprint density at radius 1 is 1.16 bits per heavy atom. The van der Waals surface area contributed by atoms with E-state index in [2.05, 4.69) is 15.2 Å². The van der Waals surface area contributed by atoms with Crippen molar-refractivity contribution in [1.29, 1.82) is 0 Å². The number of hydrogen-bond donors (Lipinski definition) is 2. The molecule has 0 aliphatic rings. The summed E-state index contributed by atoms with van der Waals surface area (Å²) in [7, 11) is 0. The summed E-state index contributed by atoms with van der Waals surface area (Å²) < 4.78 is 0. The van der Waals surface area contributed by atoms with Crippen molar-refractivity contribution in [1.82, 2.24) is 15.2 Å². The van der Waals surface area contributed by atoms with Gasteiger partial charge < -0.3 is 4.98 Å². The third-order valence-corrected chi connectivity index (χ3v) is 4.94. The topological polar surface area (TPSA) is 78.6 Å². The Bertz CT molecular complexity index is 937. The van der Waals surface area contributed by atoms with E-state index in [4.69, 9.17) is 0 Å². The van der Waals surface area contributed by atoms with E-state index in [9.17, 15) is 9.59 Å². The van der Waals surface area contributed by atoms with Crippen LogP contribution in [-0.4, -0.2) is 27.2 Å². The van der Waals surface area contributed by atoms with Gasteiger partial charge >= 0.3 is 0 Å².